The number of allylic oxidation sites excluding steroid dienone is 12. The number of ether oxygens (including phenoxy) is 3. The summed E-state index contributed by atoms with van der Waals surface area (Å²) < 4.78 is 16.6. The van der Waals surface area contributed by atoms with Crippen LogP contribution in [-0.4, -0.2) is 37.2 Å². The van der Waals surface area contributed by atoms with E-state index in [-0.39, 0.29) is 37.5 Å². The first-order valence-corrected chi connectivity index (χ1v) is 22.9. The average Bonchev–Trinajstić information content (AvgIpc) is 3.19. The summed E-state index contributed by atoms with van der Waals surface area (Å²) in [5, 5.41) is 0. The molecule has 320 valence electrons. The van der Waals surface area contributed by atoms with Crippen molar-refractivity contribution in [1.82, 2.24) is 0 Å². The number of esters is 3. The number of unbranched alkanes of at least 4 members (excludes halogenated alkanes) is 17. The Balaban J connectivity index is 4.44. The highest BCUT2D eigenvalue weighted by atomic mass is 16.6. The van der Waals surface area contributed by atoms with Crippen LogP contribution in [0.25, 0.3) is 0 Å². The Kier molecular flexibility index (Phi) is 42.1. The maximum absolute atomic E-state index is 12.7. The van der Waals surface area contributed by atoms with Gasteiger partial charge in [0.15, 0.2) is 6.10 Å². The van der Waals surface area contributed by atoms with Crippen molar-refractivity contribution in [3.05, 3.63) is 72.9 Å². The van der Waals surface area contributed by atoms with E-state index in [0.29, 0.717) is 19.3 Å². The van der Waals surface area contributed by atoms with Crippen LogP contribution < -0.4 is 0 Å². The summed E-state index contributed by atoms with van der Waals surface area (Å²) in [4.78, 5) is 37.6. The van der Waals surface area contributed by atoms with Gasteiger partial charge in [0.25, 0.3) is 0 Å². The average molecular weight is 781 g/mol. The Morgan fingerprint density at radius 3 is 1.09 bits per heavy atom. The van der Waals surface area contributed by atoms with E-state index in [4.69, 9.17) is 14.2 Å². The summed E-state index contributed by atoms with van der Waals surface area (Å²) in [6.07, 6.45) is 54.7. The lowest BCUT2D eigenvalue weighted by molar-refractivity contribution is -0.166. The maximum Gasteiger partial charge on any atom is 0.306 e. The SMILES string of the molecule is CC/C=C\C/C=C\C/C=C\C/C=C\C/C=C\C/C=C\CCC(=O)OC[C@@H](COC(=O)CCCCCCCCCCC)OC(=O)CCCCCCCCCCCC. The van der Waals surface area contributed by atoms with Crippen LogP contribution in [0, 0.1) is 0 Å². The first-order valence-electron chi connectivity index (χ1n) is 22.9. The Morgan fingerprint density at radius 1 is 0.375 bits per heavy atom. The van der Waals surface area contributed by atoms with Crippen LogP contribution in [0.2, 0.25) is 0 Å². The summed E-state index contributed by atoms with van der Waals surface area (Å²) in [7, 11) is 0. The molecule has 6 heteroatoms. The second-order valence-electron chi connectivity index (χ2n) is 14.9. The lowest BCUT2D eigenvalue weighted by Gasteiger charge is -2.18. The monoisotopic (exact) mass is 781 g/mol. The molecule has 0 bridgehead atoms. The van der Waals surface area contributed by atoms with Gasteiger partial charge in [-0.05, 0) is 57.8 Å². The van der Waals surface area contributed by atoms with Gasteiger partial charge >= 0.3 is 17.9 Å². The molecule has 0 N–H and O–H groups in total. The third-order valence-electron chi connectivity index (χ3n) is 9.49. The van der Waals surface area contributed by atoms with Crippen molar-refractivity contribution in [2.24, 2.45) is 0 Å². The molecule has 0 aromatic carbocycles. The van der Waals surface area contributed by atoms with E-state index in [2.05, 4.69) is 81.5 Å². The highest BCUT2D eigenvalue weighted by Gasteiger charge is 2.19. The molecule has 0 saturated heterocycles. The Hall–Kier alpha value is -3.15. The number of carbonyl (C=O) groups excluding carboxylic acids is 3. The molecule has 0 aromatic heterocycles. The number of hydrogen-bond acceptors (Lipinski definition) is 6. The van der Waals surface area contributed by atoms with Gasteiger partial charge in [0.1, 0.15) is 13.2 Å². The standard InChI is InChI=1S/C50H84O6/c1-4-7-10-13-16-19-21-22-23-24-25-26-27-28-29-32-34-37-40-43-49(52)55-46-47(45-54-48(51)42-39-36-33-30-18-15-12-9-6-3)56-50(53)44-41-38-35-31-20-17-14-11-8-5-2/h7,10,16,19,22-23,25-26,28-29,34,37,47H,4-6,8-9,11-15,17-18,20-21,24,27,30-33,35-36,38-46H2,1-3H3/b10-7-,19-16-,23-22-,26-25-,29-28-,37-34-/t47-/m1/s1. The van der Waals surface area contributed by atoms with E-state index >= 15 is 0 Å². The molecule has 0 unspecified atom stereocenters. The quantitative estimate of drug-likeness (QED) is 0.0267. The molecule has 0 radical (unpaired) electrons. The molecule has 0 fully saturated rings. The molecule has 0 heterocycles. The summed E-state index contributed by atoms with van der Waals surface area (Å²) in [6.45, 7) is 6.41. The molecule has 6 nitrogen and oxygen atoms in total. The number of rotatable bonds is 40. The van der Waals surface area contributed by atoms with Gasteiger partial charge in [0.2, 0.25) is 0 Å². The minimum absolute atomic E-state index is 0.0968. The van der Waals surface area contributed by atoms with Gasteiger partial charge in [-0.2, -0.15) is 0 Å². The fourth-order valence-electron chi connectivity index (χ4n) is 6.05. The molecule has 0 aliphatic heterocycles. The van der Waals surface area contributed by atoms with Crippen molar-refractivity contribution in [3.8, 4) is 0 Å². The molecule has 0 saturated carbocycles. The molecule has 0 rings (SSSR count). The summed E-state index contributed by atoms with van der Waals surface area (Å²) >= 11 is 0. The Morgan fingerprint density at radius 2 is 0.696 bits per heavy atom. The van der Waals surface area contributed by atoms with Gasteiger partial charge in [0, 0.05) is 19.3 Å². The van der Waals surface area contributed by atoms with E-state index in [1.165, 1.54) is 83.5 Å². The second kappa shape index (κ2) is 44.6. The zero-order chi connectivity index (χ0) is 40.8. The van der Waals surface area contributed by atoms with Crippen molar-refractivity contribution < 1.29 is 28.6 Å². The molecular weight excluding hydrogens is 697 g/mol. The summed E-state index contributed by atoms with van der Waals surface area (Å²) in [5.74, 6) is -0.993. The highest BCUT2D eigenvalue weighted by molar-refractivity contribution is 5.71. The van der Waals surface area contributed by atoms with Crippen LogP contribution in [-0.2, 0) is 28.6 Å². The summed E-state index contributed by atoms with van der Waals surface area (Å²) in [5.41, 5.74) is 0. The van der Waals surface area contributed by atoms with Crippen molar-refractivity contribution >= 4 is 17.9 Å². The molecule has 0 spiro atoms. The van der Waals surface area contributed by atoms with Gasteiger partial charge in [-0.3, -0.25) is 14.4 Å². The van der Waals surface area contributed by atoms with Crippen molar-refractivity contribution in [3.63, 3.8) is 0 Å². The first-order chi connectivity index (χ1) is 27.5. The van der Waals surface area contributed by atoms with E-state index in [0.717, 1.165) is 77.0 Å². The van der Waals surface area contributed by atoms with Crippen LogP contribution in [0.4, 0.5) is 0 Å². The van der Waals surface area contributed by atoms with E-state index in [1.807, 2.05) is 12.2 Å². The van der Waals surface area contributed by atoms with E-state index < -0.39 is 6.10 Å². The van der Waals surface area contributed by atoms with Crippen molar-refractivity contribution in [2.75, 3.05) is 13.2 Å². The van der Waals surface area contributed by atoms with Crippen molar-refractivity contribution in [2.45, 2.75) is 213 Å². The normalized spacial score (nSPS) is 12.7. The minimum Gasteiger partial charge on any atom is -0.462 e. The Labute approximate surface area is 344 Å². The zero-order valence-corrected chi connectivity index (χ0v) is 36.4. The first kappa shape index (κ1) is 52.9. The lowest BCUT2D eigenvalue weighted by Crippen LogP contribution is -2.30. The fourth-order valence-corrected chi connectivity index (χ4v) is 6.05. The highest BCUT2D eigenvalue weighted by Crippen LogP contribution is 2.14. The predicted molar refractivity (Wildman–Crippen MR) is 238 cm³/mol. The zero-order valence-electron chi connectivity index (χ0n) is 36.4. The van der Waals surface area contributed by atoms with Crippen molar-refractivity contribution in [1.29, 1.82) is 0 Å². The number of carbonyl (C=O) groups is 3. The predicted octanol–water partition coefficient (Wildman–Crippen LogP) is 14.7. The van der Waals surface area contributed by atoms with Gasteiger partial charge in [-0.15, -0.1) is 0 Å². The molecule has 56 heavy (non-hydrogen) atoms. The van der Waals surface area contributed by atoms with Crippen LogP contribution in [0.1, 0.15) is 207 Å². The molecule has 0 aliphatic carbocycles. The summed E-state index contributed by atoms with van der Waals surface area (Å²) in [6, 6.07) is 0. The van der Waals surface area contributed by atoms with Gasteiger partial charge in [-0.1, -0.05) is 203 Å². The smallest absolute Gasteiger partial charge is 0.306 e. The van der Waals surface area contributed by atoms with Crippen LogP contribution >= 0.6 is 0 Å². The Bertz CT molecular complexity index is 1080. The molecule has 0 amide bonds. The third kappa shape index (κ3) is 42.0. The fraction of sp³-hybridized carbons (Fsp3) is 0.700. The molecule has 0 aromatic rings. The molecule has 0 aliphatic rings. The largest absolute Gasteiger partial charge is 0.462 e. The van der Waals surface area contributed by atoms with Gasteiger partial charge in [-0.25, -0.2) is 0 Å². The minimum atomic E-state index is -0.799. The number of hydrogen-bond donors (Lipinski definition) is 0. The topological polar surface area (TPSA) is 78.9 Å². The molecular formula is C50H84O6. The van der Waals surface area contributed by atoms with Gasteiger partial charge < -0.3 is 14.2 Å². The lowest BCUT2D eigenvalue weighted by atomic mass is 10.1. The second-order valence-corrected chi connectivity index (χ2v) is 14.9. The maximum atomic E-state index is 12.7. The van der Waals surface area contributed by atoms with Crippen LogP contribution in [0.3, 0.4) is 0 Å². The molecule has 1 atom stereocenters. The van der Waals surface area contributed by atoms with Crippen LogP contribution in [0.5, 0.6) is 0 Å². The van der Waals surface area contributed by atoms with Crippen LogP contribution in [0.15, 0.2) is 72.9 Å². The van der Waals surface area contributed by atoms with Gasteiger partial charge in [0.05, 0.1) is 0 Å². The van der Waals surface area contributed by atoms with E-state index in [9.17, 15) is 14.4 Å². The van der Waals surface area contributed by atoms with E-state index in [1.54, 1.807) is 0 Å². The third-order valence-corrected chi connectivity index (χ3v) is 9.49.